The molecule has 0 saturated carbocycles. The molecule has 3 N–H and O–H groups in total. The van der Waals surface area contributed by atoms with Crippen molar-refractivity contribution in [2.24, 2.45) is 5.92 Å². The van der Waals surface area contributed by atoms with Gasteiger partial charge in [0.25, 0.3) is 5.56 Å². The molecule has 4 bridgehead atoms. The summed E-state index contributed by atoms with van der Waals surface area (Å²) in [5.74, 6) is 0.743. The highest BCUT2D eigenvalue weighted by Crippen LogP contribution is 2.33. The van der Waals surface area contributed by atoms with E-state index in [2.05, 4.69) is 25.6 Å². The number of aromatic nitrogens is 3. The summed E-state index contributed by atoms with van der Waals surface area (Å²) in [5.41, 5.74) is 1.49. The number of aryl methyl sites for hydroxylation is 3. The number of H-pyrrole nitrogens is 1. The van der Waals surface area contributed by atoms with Crippen LogP contribution in [-0.4, -0.2) is 70.4 Å². The van der Waals surface area contributed by atoms with Crippen LogP contribution in [0.2, 0.25) is 0 Å². The minimum atomic E-state index is -0.853. The largest absolute Gasteiger partial charge is 0.493 e. The Morgan fingerprint density at radius 1 is 1.16 bits per heavy atom. The summed E-state index contributed by atoms with van der Waals surface area (Å²) >= 11 is 0. The molecule has 1 aliphatic rings. The summed E-state index contributed by atoms with van der Waals surface area (Å²) in [7, 11) is 1.53. The van der Waals surface area contributed by atoms with E-state index in [1.807, 2.05) is 13.8 Å². The second-order valence-corrected chi connectivity index (χ2v) is 10.8. The van der Waals surface area contributed by atoms with Gasteiger partial charge in [-0.2, -0.15) is 0 Å². The van der Waals surface area contributed by atoms with Gasteiger partial charge in [-0.1, -0.05) is 13.8 Å². The average molecular weight is 595 g/mol. The molecule has 0 fully saturated rings. The molecule has 3 heterocycles. The van der Waals surface area contributed by atoms with Gasteiger partial charge >= 0.3 is 0 Å². The van der Waals surface area contributed by atoms with Gasteiger partial charge in [-0.15, -0.1) is 0 Å². The van der Waals surface area contributed by atoms with Gasteiger partial charge in [-0.05, 0) is 51.3 Å². The molecule has 0 aliphatic carbocycles. The molecule has 4 rings (SSSR count). The molecule has 3 amide bonds. The first-order valence-electron chi connectivity index (χ1n) is 14.2. The van der Waals surface area contributed by atoms with Crippen LogP contribution in [0, 0.1) is 26.7 Å². The third-order valence-electron chi connectivity index (χ3n) is 7.18. The van der Waals surface area contributed by atoms with Crippen LogP contribution in [0.1, 0.15) is 48.8 Å². The number of hydrogen-bond acceptors (Lipinski definition) is 9. The van der Waals surface area contributed by atoms with Gasteiger partial charge in [0.15, 0.2) is 11.5 Å². The predicted molar refractivity (Wildman–Crippen MR) is 157 cm³/mol. The summed E-state index contributed by atoms with van der Waals surface area (Å²) < 4.78 is 17.4. The Balaban J connectivity index is 1.63. The smallest absolute Gasteiger partial charge is 0.254 e. The molecule has 0 spiro atoms. The second-order valence-electron chi connectivity index (χ2n) is 10.8. The van der Waals surface area contributed by atoms with Crippen molar-refractivity contribution in [1.82, 2.24) is 30.5 Å². The van der Waals surface area contributed by atoms with Crippen molar-refractivity contribution in [2.45, 2.75) is 60.0 Å². The van der Waals surface area contributed by atoms with Crippen molar-refractivity contribution in [2.75, 3.05) is 26.8 Å². The monoisotopic (exact) mass is 594 g/mol. The number of amides is 3. The van der Waals surface area contributed by atoms with Gasteiger partial charge < -0.3 is 34.4 Å². The quantitative estimate of drug-likeness (QED) is 0.409. The molecule has 13 nitrogen and oxygen atoms in total. The molecule has 43 heavy (non-hydrogen) atoms. The molecule has 3 aromatic rings. The minimum Gasteiger partial charge on any atom is -0.493 e. The van der Waals surface area contributed by atoms with Crippen molar-refractivity contribution in [3.63, 3.8) is 0 Å². The minimum absolute atomic E-state index is 0.0931. The Kier molecular flexibility index (Phi) is 9.84. The normalized spacial score (nSPS) is 16.5. The number of carbonyl (C=O) groups excluding carboxylic acids is 3. The van der Waals surface area contributed by atoms with Gasteiger partial charge in [-0.25, -0.2) is 9.97 Å². The zero-order chi connectivity index (χ0) is 31.3. The topological polar surface area (TPSA) is 169 Å². The van der Waals surface area contributed by atoms with E-state index in [9.17, 15) is 19.2 Å². The molecule has 0 radical (unpaired) electrons. The Labute approximate surface area is 249 Å². The summed E-state index contributed by atoms with van der Waals surface area (Å²) in [5, 5.41) is 5.60. The highest BCUT2D eigenvalue weighted by Gasteiger charge is 2.27. The maximum Gasteiger partial charge on any atom is 0.254 e. The van der Waals surface area contributed by atoms with E-state index in [-0.39, 0.29) is 50.1 Å². The van der Waals surface area contributed by atoms with Crippen molar-refractivity contribution < 1.29 is 28.3 Å². The number of rotatable bonds is 4. The highest BCUT2D eigenvalue weighted by atomic mass is 16.5. The standard InChI is InChI=1S/C30H38N6O7/c1-16(2)27-29(40)31-14-22-18(4)43-30(34-22)20-8-9-23(41-6)24(12-20)42-11-7-10-36(15-25(37)35-27)26(38)13-21-17(3)32-19(5)33-28(21)39/h8-9,12,16,27H,7,10-11,13-15H2,1-6H3,(H,31,40)(H,35,37)(H,32,33,39)/t27-/m0/s1. The number of methoxy groups -OCH3 is 1. The number of oxazole rings is 1. The van der Waals surface area contributed by atoms with E-state index in [1.165, 1.54) is 12.0 Å². The fourth-order valence-electron chi connectivity index (χ4n) is 4.80. The van der Waals surface area contributed by atoms with E-state index in [0.29, 0.717) is 52.3 Å². The Morgan fingerprint density at radius 3 is 2.63 bits per heavy atom. The number of benzene rings is 1. The third kappa shape index (κ3) is 7.59. The average Bonchev–Trinajstić information content (AvgIpc) is 3.33. The van der Waals surface area contributed by atoms with Crippen LogP contribution in [0.15, 0.2) is 27.4 Å². The van der Waals surface area contributed by atoms with Crippen LogP contribution >= 0.6 is 0 Å². The summed E-state index contributed by atoms with van der Waals surface area (Å²) in [6.07, 6.45) is 0.132. The summed E-state index contributed by atoms with van der Waals surface area (Å²) in [4.78, 5) is 65.2. The van der Waals surface area contributed by atoms with E-state index >= 15 is 0 Å². The molecule has 13 heteroatoms. The second kappa shape index (κ2) is 13.5. The number of nitrogens with zero attached hydrogens (tertiary/aromatic N) is 3. The number of aromatic amines is 1. The first kappa shape index (κ1) is 31.3. The fourth-order valence-corrected chi connectivity index (χ4v) is 4.80. The molecule has 1 aliphatic heterocycles. The molecular formula is C30H38N6O7. The number of nitrogens with one attached hydrogen (secondary N) is 3. The van der Waals surface area contributed by atoms with Crippen LogP contribution < -0.4 is 25.7 Å². The van der Waals surface area contributed by atoms with Gasteiger partial charge in [0.2, 0.25) is 23.6 Å². The van der Waals surface area contributed by atoms with Gasteiger partial charge in [0, 0.05) is 23.4 Å². The van der Waals surface area contributed by atoms with Gasteiger partial charge in [-0.3, -0.25) is 19.2 Å². The van der Waals surface area contributed by atoms with E-state index in [1.54, 1.807) is 39.0 Å². The third-order valence-corrected chi connectivity index (χ3v) is 7.18. The van der Waals surface area contributed by atoms with Crippen molar-refractivity contribution >= 4 is 17.7 Å². The summed E-state index contributed by atoms with van der Waals surface area (Å²) in [6, 6.07) is 4.44. The molecule has 230 valence electrons. The molecular weight excluding hydrogens is 556 g/mol. The van der Waals surface area contributed by atoms with Crippen molar-refractivity contribution in [1.29, 1.82) is 0 Å². The van der Waals surface area contributed by atoms with Gasteiger partial charge in [0.05, 0.1) is 33.2 Å². The number of ether oxygens (including phenoxy) is 2. The van der Waals surface area contributed by atoms with Crippen molar-refractivity contribution in [3.8, 4) is 23.0 Å². The first-order valence-corrected chi connectivity index (χ1v) is 14.2. The first-order chi connectivity index (χ1) is 20.5. The van der Waals surface area contributed by atoms with Crippen LogP contribution in [-0.2, 0) is 27.3 Å². The molecule has 0 unspecified atom stereocenters. The van der Waals surface area contributed by atoms with Crippen LogP contribution in [0.3, 0.4) is 0 Å². The summed E-state index contributed by atoms with van der Waals surface area (Å²) in [6.45, 7) is 8.86. The Bertz CT molecular complexity index is 1560. The number of hydrogen-bond donors (Lipinski definition) is 3. The maximum absolute atomic E-state index is 13.5. The number of fused-ring (bicyclic) bond motifs is 5. The van der Waals surface area contributed by atoms with Gasteiger partial charge in [0.1, 0.15) is 23.3 Å². The lowest BCUT2D eigenvalue weighted by Gasteiger charge is -2.26. The van der Waals surface area contributed by atoms with Crippen molar-refractivity contribution in [3.05, 3.63) is 57.1 Å². The lowest BCUT2D eigenvalue weighted by Crippen LogP contribution is -2.52. The van der Waals surface area contributed by atoms with E-state index < -0.39 is 23.4 Å². The van der Waals surface area contributed by atoms with Crippen LogP contribution in [0.5, 0.6) is 11.5 Å². The van der Waals surface area contributed by atoms with E-state index in [0.717, 1.165) is 0 Å². The molecule has 2 aromatic heterocycles. The predicted octanol–water partition coefficient (Wildman–Crippen LogP) is 1.97. The fraction of sp³-hybridized carbons (Fsp3) is 0.467. The number of carbonyl (C=O) groups is 3. The Hall–Kier alpha value is -4.68. The maximum atomic E-state index is 13.5. The zero-order valence-electron chi connectivity index (χ0n) is 25.3. The molecule has 1 atom stereocenters. The Morgan fingerprint density at radius 2 is 1.93 bits per heavy atom. The lowest BCUT2D eigenvalue weighted by molar-refractivity contribution is -0.137. The SMILES string of the molecule is COc1ccc2cc1OCCCN(C(=O)Cc1c(C)nc(C)[nH]c1=O)CC(=O)N[C@@H](C(C)C)C(=O)NCc1nc-2oc1C. The van der Waals surface area contributed by atoms with Crippen LogP contribution in [0.25, 0.3) is 11.5 Å². The molecule has 1 aromatic carbocycles. The molecule has 0 saturated heterocycles. The van der Waals surface area contributed by atoms with Crippen LogP contribution in [0.4, 0.5) is 0 Å². The van der Waals surface area contributed by atoms with E-state index in [4.69, 9.17) is 13.9 Å². The zero-order valence-corrected chi connectivity index (χ0v) is 25.3. The highest BCUT2D eigenvalue weighted by molar-refractivity contribution is 5.90. The lowest BCUT2D eigenvalue weighted by atomic mass is 10.0.